The standard InChI is InChI=1S/C18H22ClN3O/c1-22(14-15-6-3-2-4-7-15)13-5-12-20-18(23)21-17-10-8-16(19)9-11-17/h2-4,6-11H,5,12-14H2,1H3,(H2,20,21,23). The van der Waals surface area contributed by atoms with Crippen LogP contribution in [0, 0.1) is 0 Å². The summed E-state index contributed by atoms with van der Waals surface area (Å²) in [5.74, 6) is 0. The van der Waals surface area contributed by atoms with Crippen LogP contribution in [0.25, 0.3) is 0 Å². The van der Waals surface area contributed by atoms with E-state index in [4.69, 9.17) is 11.6 Å². The van der Waals surface area contributed by atoms with E-state index in [0.29, 0.717) is 11.6 Å². The molecule has 0 aliphatic heterocycles. The lowest BCUT2D eigenvalue weighted by atomic mass is 10.2. The van der Waals surface area contributed by atoms with Crippen LogP contribution < -0.4 is 10.6 Å². The Morgan fingerprint density at radius 1 is 1.09 bits per heavy atom. The van der Waals surface area contributed by atoms with Crippen molar-refractivity contribution < 1.29 is 4.79 Å². The number of hydrogen-bond acceptors (Lipinski definition) is 2. The van der Waals surface area contributed by atoms with Crippen molar-refractivity contribution in [3.63, 3.8) is 0 Å². The summed E-state index contributed by atoms with van der Waals surface area (Å²) in [4.78, 5) is 14.0. The summed E-state index contributed by atoms with van der Waals surface area (Å²) in [6, 6.07) is 17.2. The van der Waals surface area contributed by atoms with Crippen LogP contribution in [0.3, 0.4) is 0 Å². The SMILES string of the molecule is CN(CCCNC(=O)Nc1ccc(Cl)cc1)Cc1ccccc1. The van der Waals surface area contributed by atoms with Crippen LogP contribution in [0.4, 0.5) is 10.5 Å². The second-order valence-electron chi connectivity index (χ2n) is 5.46. The maximum Gasteiger partial charge on any atom is 0.319 e. The number of nitrogens with zero attached hydrogens (tertiary/aromatic N) is 1. The predicted molar refractivity (Wildman–Crippen MR) is 95.9 cm³/mol. The van der Waals surface area contributed by atoms with Crippen LogP contribution >= 0.6 is 11.6 Å². The van der Waals surface area contributed by atoms with Gasteiger partial charge in [-0.3, -0.25) is 0 Å². The zero-order valence-electron chi connectivity index (χ0n) is 13.3. The number of benzene rings is 2. The van der Waals surface area contributed by atoms with Crippen LogP contribution in [-0.2, 0) is 6.54 Å². The number of rotatable bonds is 7. The van der Waals surface area contributed by atoms with Crippen molar-refractivity contribution in [3.8, 4) is 0 Å². The van der Waals surface area contributed by atoms with E-state index in [1.807, 2.05) is 18.2 Å². The first kappa shape index (κ1) is 17.3. The summed E-state index contributed by atoms with van der Waals surface area (Å²) in [7, 11) is 2.08. The van der Waals surface area contributed by atoms with Crippen molar-refractivity contribution in [1.82, 2.24) is 10.2 Å². The second kappa shape index (κ2) is 9.18. The molecule has 0 bridgehead atoms. The highest BCUT2D eigenvalue weighted by molar-refractivity contribution is 6.30. The Morgan fingerprint density at radius 2 is 1.78 bits per heavy atom. The Kier molecular flexibility index (Phi) is 6.91. The Labute approximate surface area is 142 Å². The van der Waals surface area contributed by atoms with Gasteiger partial charge in [-0.25, -0.2) is 4.79 Å². The molecule has 0 radical (unpaired) electrons. The Bertz CT molecular complexity index is 601. The lowest BCUT2D eigenvalue weighted by Gasteiger charge is -2.16. The number of halogens is 1. The van der Waals surface area contributed by atoms with Crippen molar-refractivity contribution in [2.24, 2.45) is 0 Å². The van der Waals surface area contributed by atoms with Gasteiger partial charge in [0.1, 0.15) is 0 Å². The highest BCUT2D eigenvalue weighted by atomic mass is 35.5. The summed E-state index contributed by atoms with van der Waals surface area (Å²) < 4.78 is 0. The normalized spacial score (nSPS) is 10.6. The van der Waals surface area contributed by atoms with Gasteiger partial charge in [0.05, 0.1) is 0 Å². The summed E-state index contributed by atoms with van der Waals surface area (Å²) >= 11 is 5.81. The average molecular weight is 332 g/mol. The first-order valence-corrected chi connectivity index (χ1v) is 8.04. The molecule has 2 N–H and O–H groups in total. The van der Waals surface area contributed by atoms with Gasteiger partial charge in [-0.05, 0) is 49.8 Å². The van der Waals surface area contributed by atoms with E-state index in [-0.39, 0.29) is 6.03 Å². The summed E-state index contributed by atoms with van der Waals surface area (Å²) in [6.45, 7) is 2.48. The van der Waals surface area contributed by atoms with Crippen LogP contribution in [0.5, 0.6) is 0 Å². The minimum Gasteiger partial charge on any atom is -0.338 e. The molecule has 2 aromatic rings. The highest BCUT2D eigenvalue weighted by Crippen LogP contribution is 2.13. The molecule has 23 heavy (non-hydrogen) atoms. The average Bonchev–Trinajstić information content (AvgIpc) is 2.55. The fraction of sp³-hybridized carbons (Fsp3) is 0.278. The maximum atomic E-state index is 11.8. The Hall–Kier alpha value is -2.04. The third-order valence-corrected chi connectivity index (χ3v) is 3.65. The Morgan fingerprint density at radius 3 is 2.48 bits per heavy atom. The topological polar surface area (TPSA) is 44.4 Å². The molecule has 0 atom stereocenters. The number of amides is 2. The quantitative estimate of drug-likeness (QED) is 0.754. The molecule has 2 amide bonds. The molecule has 0 unspecified atom stereocenters. The highest BCUT2D eigenvalue weighted by Gasteiger charge is 2.03. The molecule has 0 saturated heterocycles. The minimum absolute atomic E-state index is 0.196. The van der Waals surface area contributed by atoms with Crippen molar-refractivity contribution >= 4 is 23.3 Å². The molecule has 5 heteroatoms. The third-order valence-electron chi connectivity index (χ3n) is 3.40. The molecule has 0 heterocycles. The van der Waals surface area contributed by atoms with Gasteiger partial charge in [-0.15, -0.1) is 0 Å². The van der Waals surface area contributed by atoms with E-state index in [9.17, 15) is 4.79 Å². The summed E-state index contributed by atoms with van der Waals surface area (Å²) in [5, 5.41) is 6.28. The maximum absolute atomic E-state index is 11.8. The molecule has 0 aliphatic rings. The van der Waals surface area contributed by atoms with Gasteiger partial charge in [-0.1, -0.05) is 41.9 Å². The van der Waals surface area contributed by atoms with Crippen molar-refractivity contribution in [1.29, 1.82) is 0 Å². The fourth-order valence-electron chi connectivity index (χ4n) is 2.23. The first-order valence-electron chi connectivity index (χ1n) is 7.66. The van der Waals surface area contributed by atoms with Gasteiger partial charge < -0.3 is 15.5 Å². The Balaban J connectivity index is 1.61. The number of anilines is 1. The monoisotopic (exact) mass is 331 g/mol. The van der Waals surface area contributed by atoms with Gasteiger partial charge in [0, 0.05) is 23.8 Å². The summed E-state index contributed by atoms with van der Waals surface area (Å²) in [6.07, 6.45) is 0.900. The van der Waals surface area contributed by atoms with Gasteiger partial charge in [-0.2, -0.15) is 0 Å². The number of hydrogen-bond donors (Lipinski definition) is 2. The van der Waals surface area contributed by atoms with E-state index in [1.54, 1.807) is 24.3 Å². The van der Waals surface area contributed by atoms with Gasteiger partial charge in [0.2, 0.25) is 0 Å². The van der Waals surface area contributed by atoms with E-state index < -0.39 is 0 Å². The predicted octanol–water partition coefficient (Wildman–Crippen LogP) is 3.98. The van der Waals surface area contributed by atoms with Gasteiger partial charge >= 0.3 is 6.03 Å². The van der Waals surface area contributed by atoms with E-state index in [2.05, 4.69) is 34.7 Å². The molecule has 4 nitrogen and oxygen atoms in total. The molecule has 0 spiro atoms. The van der Waals surface area contributed by atoms with Crippen LogP contribution in [0.2, 0.25) is 5.02 Å². The third kappa shape index (κ3) is 6.72. The summed E-state index contributed by atoms with van der Waals surface area (Å²) in [5.41, 5.74) is 2.02. The largest absolute Gasteiger partial charge is 0.338 e. The van der Waals surface area contributed by atoms with Crippen molar-refractivity contribution in [3.05, 3.63) is 65.2 Å². The molecule has 0 aromatic heterocycles. The van der Waals surface area contributed by atoms with E-state index in [0.717, 1.165) is 25.2 Å². The smallest absolute Gasteiger partial charge is 0.319 e. The molecular formula is C18H22ClN3O. The number of nitrogens with one attached hydrogen (secondary N) is 2. The first-order chi connectivity index (χ1) is 11.1. The molecule has 0 aliphatic carbocycles. The minimum atomic E-state index is -0.196. The van der Waals surface area contributed by atoms with Crippen molar-refractivity contribution in [2.75, 3.05) is 25.5 Å². The lowest BCUT2D eigenvalue weighted by molar-refractivity contribution is 0.250. The van der Waals surface area contributed by atoms with Gasteiger partial charge in [0.25, 0.3) is 0 Å². The molecule has 0 saturated carbocycles. The lowest BCUT2D eigenvalue weighted by Crippen LogP contribution is -2.31. The van der Waals surface area contributed by atoms with Crippen LogP contribution in [-0.4, -0.2) is 31.1 Å². The zero-order chi connectivity index (χ0) is 16.5. The zero-order valence-corrected chi connectivity index (χ0v) is 14.0. The second-order valence-corrected chi connectivity index (χ2v) is 5.90. The number of carbonyl (C=O) groups excluding carboxylic acids is 1. The molecule has 2 rings (SSSR count). The molecule has 0 fully saturated rings. The fourth-order valence-corrected chi connectivity index (χ4v) is 2.36. The van der Waals surface area contributed by atoms with E-state index in [1.165, 1.54) is 5.56 Å². The van der Waals surface area contributed by atoms with E-state index >= 15 is 0 Å². The van der Waals surface area contributed by atoms with Crippen LogP contribution in [0.1, 0.15) is 12.0 Å². The molecule has 122 valence electrons. The van der Waals surface area contributed by atoms with Gasteiger partial charge in [0.15, 0.2) is 0 Å². The molecular weight excluding hydrogens is 310 g/mol. The van der Waals surface area contributed by atoms with Crippen LogP contribution in [0.15, 0.2) is 54.6 Å². The number of urea groups is 1. The van der Waals surface area contributed by atoms with Crippen molar-refractivity contribution in [2.45, 2.75) is 13.0 Å². The number of carbonyl (C=O) groups is 1. The molecule has 2 aromatic carbocycles.